The average molecular weight is 736 g/mol. The van der Waals surface area contributed by atoms with Crippen LogP contribution in [0.1, 0.15) is 35.6 Å². The van der Waals surface area contributed by atoms with Crippen molar-refractivity contribution < 1.29 is 71.7 Å². The number of hydrogen-bond acceptors (Lipinski definition) is 16. The van der Waals surface area contributed by atoms with E-state index in [1.807, 2.05) is 0 Å². The van der Waals surface area contributed by atoms with Crippen LogP contribution in [0.3, 0.4) is 0 Å². The lowest BCUT2D eigenvalue weighted by atomic mass is 9.66. The first-order valence-corrected chi connectivity index (χ1v) is 16.6. The topological polar surface area (TPSA) is 199 Å². The molecule has 3 aromatic rings. The summed E-state index contributed by atoms with van der Waals surface area (Å²) in [4.78, 5) is 36.9. The summed E-state index contributed by atoms with van der Waals surface area (Å²) in [6, 6.07) is 11.7. The van der Waals surface area contributed by atoms with Crippen molar-refractivity contribution in [2.75, 3.05) is 34.2 Å². The average Bonchev–Trinajstić information content (AvgIpc) is 3.77. The van der Waals surface area contributed by atoms with E-state index in [1.54, 1.807) is 31.2 Å². The molecule has 17 nitrogen and oxygen atoms in total. The van der Waals surface area contributed by atoms with E-state index in [-0.39, 0.29) is 54.6 Å². The Morgan fingerprint density at radius 1 is 0.943 bits per heavy atom. The molecule has 4 aliphatic heterocycles. The number of hydrogen-bond donors (Lipinski definition) is 1. The molecule has 0 bridgehead atoms. The second-order valence-electron chi connectivity index (χ2n) is 12.8. The fourth-order valence-electron chi connectivity index (χ4n) is 7.37. The molecule has 8 atom stereocenters. The summed E-state index contributed by atoms with van der Waals surface area (Å²) in [6.45, 7) is 1.93. The molecular formula is C36H33NO16. The van der Waals surface area contributed by atoms with E-state index in [4.69, 9.17) is 52.1 Å². The van der Waals surface area contributed by atoms with E-state index in [2.05, 4.69) is 0 Å². The number of aliphatic hydroxyl groups is 1. The van der Waals surface area contributed by atoms with Crippen LogP contribution in [0.2, 0.25) is 0 Å². The van der Waals surface area contributed by atoms with Gasteiger partial charge >= 0.3 is 12.1 Å². The van der Waals surface area contributed by atoms with Crippen molar-refractivity contribution in [1.29, 1.82) is 0 Å². The van der Waals surface area contributed by atoms with Gasteiger partial charge in [-0.05, 0) is 54.4 Å². The summed E-state index contributed by atoms with van der Waals surface area (Å²) in [5, 5.41) is 21.9. The maximum atomic E-state index is 13.7. The first-order chi connectivity index (χ1) is 25.6. The minimum Gasteiger partial charge on any atom is -0.493 e. The highest BCUT2D eigenvalue weighted by Gasteiger charge is 2.54. The van der Waals surface area contributed by atoms with Crippen molar-refractivity contribution in [3.8, 4) is 34.5 Å². The summed E-state index contributed by atoms with van der Waals surface area (Å²) in [5.74, 6) is -1.40. The zero-order valence-corrected chi connectivity index (χ0v) is 28.5. The Balaban J connectivity index is 1.15. The van der Waals surface area contributed by atoms with Gasteiger partial charge in [-0.25, -0.2) is 4.79 Å². The normalized spacial score (nSPS) is 27.8. The Kier molecular flexibility index (Phi) is 8.84. The molecule has 4 heterocycles. The Hall–Kier alpha value is -5.78. The van der Waals surface area contributed by atoms with E-state index < -0.39 is 65.5 Å². The lowest BCUT2D eigenvalue weighted by molar-refractivity contribution is -0.384. The number of non-ortho nitro benzene ring substituents is 1. The number of fused-ring (bicyclic) bond motifs is 4. The second-order valence-corrected chi connectivity index (χ2v) is 12.8. The maximum Gasteiger partial charge on any atom is 0.519 e. The molecule has 0 saturated carbocycles. The molecule has 0 radical (unpaired) electrons. The van der Waals surface area contributed by atoms with Gasteiger partial charge in [-0.15, -0.1) is 0 Å². The van der Waals surface area contributed by atoms with Crippen molar-refractivity contribution in [3.05, 3.63) is 87.4 Å². The smallest absolute Gasteiger partial charge is 0.493 e. The molecule has 2 fully saturated rings. The Morgan fingerprint density at radius 2 is 1.64 bits per heavy atom. The summed E-state index contributed by atoms with van der Waals surface area (Å²) in [5.41, 5.74) is 1.69. The molecule has 8 rings (SSSR count). The number of rotatable bonds is 8. The lowest BCUT2D eigenvalue weighted by Crippen LogP contribution is -2.52. The quantitative estimate of drug-likeness (QED) is 0.149. The Morgan fingerprint density at radius 3 is 2.32 bits per heavy atom. The third kappa shape index (κ3) is 6.25. The van der Waals surface area contributed by atoms with Gasteiger partial charge in [-0.3, -0.25) is 14.9 Å². The number of carbonyl (C=O) groups excluding carboxylic acids is 2. The van der Waals surface area contributed by atoms with Crippen molar-refractivity contribution in [1.82, 2.24) is 0 Å². The van der Waals surface area contributed by atoms with Crippen molar-refractivity contribution in [2.45, 2.75) is 43.5 Å². The van der Waals surface area contributed by atoms with Crippen LogP contribution in [0.4, 0.5) is 10.5 Å². The summed E-state index contributed by atoms with van der Waals surface area (Å²) >= 11 is 0. The predicted molar refractivity (Wildman–Crippen MR) is 175 cm³/mol. The molecule has 0 amide bonds. The van der Waals surface area contributed by atoms with Crippen molar-refractivity contribution in [3.63, 3.8) is 0 Å². The first-order valence-electron chi connectivity index (χ1n) is 16.6. The first kappa shape index (κ1) is 34.3. The van der Waals surface area contributed by atoms with Crippen molar-refractivity contribution >= 4 is 17.8 Å². The number of nitrogens with zero attached hydrogens (tertiary/aromatic N) is 1. The highest BCUT2D eigenvalue weighted by Crippen LogP contribution is 2.57. The van der Waals surface area contributed by atoms with Crippen LogP contribution in [-0.2, 0) is 28.5 Å². The zero-order chi connectivity index (χ0) is 37.0. The molecule has 5 aliphatic rings. The third-order valence-electron chi connectivity index (χ3n) is 9.76. The molecule has 53 heavy (non-hydrogen) atoms. The molecule has 2 saturated heterocycles. The van der Waals surface area contributed by atoms with Crippen LogP contribution in [-0.4, -0.2) is 81.0 Å². The number of nitro benzene ring substituents is 1. The minimum absolute atomic E-state index is 0.00504. The molecule has 0 spiro atoms. The monoisotopic (exact) mass is 735 g/mol. The number of methoxy groups -OCH3 is 2. The van der Waals surface area contributed by atoms with E-state index >= 15 is 0 Å². The number of benzene rings is 3. The van der Waals surface area contributed by atoms with Crippen molar-refractivity contribution in [2.24, 2.45) is 11.8 Å². The number of aliphatic hydroxyl groups excluding tert-OH is 1. The molecule has 1 N–H and O–H groups in total. The van der Waals surface area contributed by atoms with Gasteiger partial charge < -0.3 is 57.2 Å². The molecule has 4 unspecified atom stereocenters. The van der Waals surface area contributed by atoms with Gasteiger partial charge in [0.25, 0.3) is 11.6 Å². The summed E-state index contributed by atoms with van der Waals surface area (Å²) in [7, 11) is 2.74. The second kappa shape index (κ2) is 13.6. The summed E-state index contributed by atoms with van der Waals surface area (Å²) < 4.78 is 63.1. The van der Waals surface area contributed by atoms with Crippen LogP contribution in [0.15, 0.2) is 60.6 Å². The van der Waals surface area contributed by atoms with E-state index in [9.17, 15) is 24.8 Å². The van der Waals surface area contributed by atoms with Crippen LogP contribution in [0.25, 0.3) is 0 Å². The molecule has 17 heteroatoms. The fourth-order valence-corrected chi connectivity index (χ4v) is 7.37. The molecule has 278 valence electrons. The van der Waals surface area contributed by atoms with Gasteiger partial charge in [0.15, 0.2) is 35.4 Å². The Bertz CT molecular complexity index is 1960. The van der Waals surface area contributed by atoms with E-state index in [0.717, 1.165) is 0 Å². The van der Waals surface area contributed by atoms with Crippen LogP contribution in [0.5, 0.6) is 34.5 Å². The zero-order valence-electron chi connectivity index (χ0n) is 28.5. The van der Waals surface area contributed by atoms with Gasteiger partial charge in [-0.1, -0.05) is 0 Å². The summed E-state index contributed by atoms with van der Waals surface area (Å²) in [6.07, 6.45) is -3.32. The number of nitro groups is 1. The highest BCUT2D eigenvalue weighted by molar-refractivity contribution is 5.79. The van der Waals surface area contributed by atoms with Gasteiger partial charge in [0.05, 0.1) is 38.3 Å². The fraction of sp³-hybridized carbons (Fsp3) is 0.389. The van der Waals surface area contributed by atoms with Crippen LogP contribution < -0.4 is 28.4 Å². The standard InChI is InChI=1S/C36H33NO16/c1-16-45-14-28-33(49-16)23(38)12-29(51-28)52-32-21-11-25-24(47-15-48-25)10-20(21)30(31-22(32)13-46-35(31)39)17-8-26(43-2)34(27(9-17)44-3)53-36(40)50-19-6-4-18(5-7-19)37(41)42/h4-12,16,22-23,28,30-33,38H,13-15H2,1-3H3/t16?,22-,23?,28?,30+,31-,32+,33?/m0/s1. The number of esters is 1. The predicted octanol–water partition coefficient (Wildman–Crippen LogP) is 4.27. The largest absolute Gasteiger partial charge is 0.519 e. The third-order valence-corrected chi connectivity index (χ3v) is 9.76. The molecular weight excluding hydrogens is 702 g/mol. The van der Waals surface area contributed by atoms with Crippen LogP contribution >= 0.6 is 0 Å². The van der Waals surface area contributed by atoms with Gasteiger partial charge in [0.2, 0.25) is 12.5 Å². The van der Waals surface area contributed by atoms with Gasteiger partial charge in [0, 0.05) is 35.6 Å². The minimum atomic E-state index is -1.16. The maximum absolute atomic E-state index is 13.7. The van der Waals surface area contributed by atoms with E-state index in [1.165, 1.54) is 44.6 Å². The number of ether oxygens (including phenoxy) is 11. The number of carbonyl (C=O) groups is 2. The highest BCUT2D eigenvalue weighted by atomic mass is 16.7. The van der Waals surface area contributed by atoms with E-state index in [0.29, 0.717) is 28.2 Å². The van der Waals surface area contributed by atoms with Crippen LogP contribution in [0, 0.1) is 22.0 Å². The number of cyclic esters (lactones) is 1. The SMILES string of the molecule is COc1cc([C@@H]2c3cc4c(cc3[C@@H](OC3=CC(O)C5OC(C)OCC5O3)[C@H]3COC(=O)[C@H]23)OCO4)cc(OC)c1OC(=O)Oc1ccc([N+](=O)[O-])cc1. The lowest BCUT2D eigenvalue weighted by Gasteiger charge is -2.42. The Labute approximate surface area is 300 Å². The van der Waals surface area contributed by atoms with Gasteiger partial charge in [0.1, 0.15) is 24.1 Å². The molecule has 3 aromatic carbocycles. The molecule has 0 aromatic heterocycles. The van der Waals surface area contributed by atoms with Gasteiger partial charge in [-0.2, -0.15) is 0 Å². The molecule has 1 aliphatic carbocycles.